The third kappa shape index (κ3) is 7.90. The second-order valence-corrected chi connectivity index (χ2v) is 8.21. The number of hydrogen-bond acceptors (Lipinski definition) is 3. The summed E-state index contributed by atoms with van der Waals surface area (Å²) in [6.07, 6.45) is 5.92. The molecule has 0 aromatic heterocycles. The molecule has 0 spiro atoms. The van der Waals surface area contributed by atoms with Crippen molar-refractivity contribution in [3.63, 3.8) is 0 Å². The van der Waals surface area contributed by atoms with Gasteiger partial charge in [-0.05, 0) is 48.9 Å². The number of hydrogen-bond donors (Lipinski definition) is 0. The van der Waals surface area contributed by atoms with Gasteiger partial charge in [-0.2, -0.15) is 0 Å². The van der Waals surface area contributed by atoms with E-state index in [0.717, 1.165) is 22.0 Å². The average molecular weight is 436 g/mol. The first-order valence-electron chi connectivity index (χ1n) is 9.48. The van der Waals surface area contributed by atoms with Crippen molar-refractivity contribution in [1.82, 2.24) is 0 Å². The number of allylic oxidation sites excluding steroid dienone is 3. The topological polar surface area (TPSA) is 37.4 Å². The highest BCUT2D eigenvalue weighted by Crippen LogP contribution is 2.18. The van der Waals surface area contributed by atoms with Gasteiger partial charge in [0, 0.05) is 28.2 Å². The van der Waals surface area contributed by atoms with Gasteiger partial charge in [-0.1, -0.05) is 76.0 Å². The van der Waals surface area contributed by atoms with Gasteiger partial charge in [0.15, 0.2) is 0 Å². The van der Waals surface area contributed by atoms with Gasteiger partial charge < -0.3 is 4.90 Å². The molecule has 0 aliphatic rings. The van der Waals surface area contributed by atoms with E-state index in [4.69, 9.17) is 4.79 Å². The van der Waals surface area contributed by atoms with Gasteiger partial charge in [-0.25, -0.2) is 4.21 Å². The van der Waals surface area contributed by atoms with E-state index in [0.29, 0.717) is 6.03 Å². The van der Waals surface area contributed by atoms with Crippen LogP contribution in [0.1, 0.15) is 12.5 Å². The lowest BCUT2D eigenvalue weighted by Crippen LogP contribution is -2.15. The summed E-state index contributed by atoms with van der Waals surface area (Å²) in [6, 6.07) is 30.8. The molecule has 0 N–H and O–H groups in total. The predicted molar refractivity (Wildman–Crippen MR) is 131 cm³/mol. The summed E-state index contributed by atoms with van der Waals surface area (Å²) in [5.74, 6) is 0. The molecule has 3 aromatic carbocycles. The second-order valence-electron chi connectivity index (χ2n) is 6.29. The molecule has 2 unspecified atom stereocenters. The zero-order valence-electron chi connectivity index (χ0n) is 16.9. The maximum Gasteiger partial charge on any atom is 0.135 e. The zero-order chi connectivity index (χ0) is 21.6. The van der Waals surface area contributed by atoms with Crippen molar-refractivity contribution in [3.8, 4) is 0 Å². The highest BCUT2D eigenvalue weighted by atomic mass is 32.2. The molecule has 30 heavy (non-hydrogen) atoms. The van der Waals surface area contributed by atoms with E-state index < -0.39 is 10.8 Å². The van der Waals surface area contributed by atoms with Gasteiger partial charge in [0.2, 0.25) is 0 Å². The SMILES string of the molecule is C/C(=C\C=C\N(Cc1ccccc1)c1ccccc1)S(=O)c1ccccc1.O=CP. The molecular weight excluding hydrogens is 409 g/mol. The summed E-state index contributed by atoms with van der Waals surface area (Å²) < 4.78 is 12.6. The highest BCUT2D eigenvalue weighted by molar-refractivity contribution is 7.89. The van der Waals surface area contributed by atoms with E-state index in [-0.39, 0.29) is 0 Å². The van der Waals surface area contributed by atoms with E-state index >= 15 is 0 Å². The Labute approximate surface area is 183 Å². The first kappa shape index (κ1) is 23.5. The number of rotatable bonds is 7. The van der Waals surface area contributed by atoms with Crippen LogP contribution in [0.4, 0.5) is 5.69 Å². The lowest BCUT2D eigenvalue weighted by atomic mass is 10.2. The molecule has 0 radical (unpaired) electrons. The van der Waals surface area contributed by atoms with Gasteiger partial charge in [-0.15, -0.1) is 0 Å². The molecule has 0 heterocycles. The first-order valence-corrected chi connectivity index (χ1v) is 11.3. The monoisotopic (exact) mass is 435 g/mol. The zero-order valence-corrected chi connectivity index (χ0v) is 18.9. The van der Waals surface area contributed by atoms with Crippen molar-refractivity contribution in [3.05, 3.63) is 120 Å². The quantitative estimate of drug-likeness (QED) is 0.261. The molecule has 0 amide bonds. The van der Waals surface area contributed by atoms with Gasteiger partial charge >= 0.3 is 0 Å². The van der Waals surface area contributed by atoms with Gasteiger partial charge in [0.1, 0.15) is 6.03 Å². The van der Waals surface area contributed by atoms with Gasteiger partial charge in [0.25, 0.3) is 0 Å². The largest absolute Gasteiger partial charge is 0.344 e. The van der Waals surface area contributed by atoms with Crippen LogP contribution >= 0.6 is 9.24 Å². The molecule has 3 nitrogen and oxygen atoms in total. The molecule has 154 valence electrons. The van der Waals surface area contributed by atoms with Gasteiger partial charge in [0.05, 0.1) is 10.8 Å². The highest BCUT2D eigenvalue weighted by Gasteiger charge is 2.05. The molecule has 0 aliphatic carbocycles. The molecule has 0 aliphatic heterocycles. The van der Waals surface area contributed by atoms with Crippen LogP contribution in [-0.4, -0.2) is 10.2 Å². The summed E-state index contributed by atoms with van der Waals surface area (Å²) in [4.78, 5) is 12.6. The van der Waals surface area contributed by atoms with Crippen molar-refractivity contribution in [2.75, 3.05) is 4.90 Å². The van der Waals surface area contributed by atoms with Crippen molar-refractivity contribution >= 4 is 31.8 Å². The molecule has 3 aromatic rings. The van der Waals surface area contributed by atoms with Crippen LogP contribution in [0, 0.1) is 0 Å². The smallest absolute Gasteiger partial charge is 0.135 e. The molecule has 0 bridgehead atoms. The van der Waals surface area contributed by atoms with E-state index in [1.54, 1.807) is 0 Å². The van der Waals surface area contributed by atoms with Crippen LogP contribution in [-0.2, 0) is 22.1 Å². The van der Waals surface area contributed by atoms with Crippen LogP contribution in [0.3, 0.4) is 0 Å². The summed E-state index contributed by atoms with van der Waals surface area (Å²) in [7, 11) is 0.764. The number of carbonyl (C=O) groups excluding carboxylic acids is 1. The Bertz CT molecular complexity index is 974. The Balaban J connectivity index is 0.00000101. The summed E-state index contributed by atoms with van der Waals surface area (Å²) >= 11 is 0. The minimum Gasteiger partial charge on any atom is -0.344 e. The summed E-state index contributed by atoms with van der Waals surface area (Å²) in [6.45, 7) is 2.67. The maximum atomic E-state index is 12.6. The molecule has 5 heteroatoms. The summed E-state index contributed by atoms with van der Waals surface area (Å²) in [5, 5.41) is 0. The lowest BCUT2D eigenvalue weighted by Gasteiger charge is -2.20. The predicted octanol–water partition coefficient (Wildman–Crippen LogP) is 5.97. The van der Waals surface area contributed by atoms with E-state index in [9.17, 15) is 4.21 Å². The number of anilines is 1. The molecule has 0 saturated carbocycles. The number of carbonyl (C=O) groups is 1. The molecule has 0 saturated heterocycles. The molecule has 0 fully saturated rings. The molecule has 3 rings (SSSR count). The second kappa shape index (κ2) is 13.4. The van der Waals surface area contributed by atoms with Crippen LogP contribution in [0.25, 0.3) is 0 Å². The van der Waals surface area contributed by atoms with Crippen molar-refractivity contribution in [2.45, 2.75) is 18.4 Å². The Kier molecular flexibility index (Phi) is 10.5. The van der Waals surface area contributed by atoms with Crippen molar-refractivity contribution in [2.24, 2.45) is 0 Å². The van der Waals surface area contributed by atoms with E-state index in [1.165, 1.54) is 5.56 Å². The molecular formula is C25H26NO2PS. The van der Waals surface area contributed by atoms with Crippen molar-refractivity contribution < 1.29 is 9.00 Å². The average Bonchev–Trinajstić information content (AvgIpc) is 2.80. The third-order valence-electron chi connectivity index (χ3n) is 4.13. The fraction of sp³-hybridized carbons (Fsp3) is 0.0800. The number of nitrogens with zero attached hydrogens (tertiary/aromatic N) is 1. The fourth-order valence-electron chi connectivity index (χ4n) is 2.70. The Hall–Kier alpha value is -2.81. The first-order chi connectivity index (χ1) is 14.7. The standard InChI is InChI=1S/C24H23NOS.CH3OP/c1-21(27(26)24-17-9-4-10-18-24)12-11-19-25(23-15-7-3-8-16-23)20-22-13-5-2-6-14-22;2-1-3/h2-19H,20H2,1H3;1H,3H2/b19-11+,21-12+;. The Morgan fingerprint density at radius 3 is 1.97 bits per heavy atom. The Morgan fingerprint density at radius 2 is 1.40 bits per heavy atom. The van der Waals surface area contributed by atoms with E-state index in [1.807, 2.05) is 89.1 Å². The summed E-state index contributed by atoms with van der Waals surface area (Å²) in [5.41, 5.74) is 2.35. The minimum absolute atomic E-state index is 0.667. The molecule has 2 atom stereocenters. The number of benzene rings is 3. The number of para-hydroxylation sites is 1. The fourth-order valence-corrected chi connectivity index (χ4v) is 3.68. The maximum absolute atomic E-state index is 12.6. The van der Waals surface area contributed by atoms with Gasteiger partial charge in [-0.3, -0.25) is 4.79 Å². The normalized spacial score (nSPS) is 12.0. The Morgan fingerprint density at radius 1 is 0.900 bits per heavy atom. The third-order valence-corrected chi connectivity index (χ3v) is 5.55. The van der Waals surface area contributed by atoms with Crippen LogP contribution in [0.5, 0.6) is 0 Å². The van der Waals surface area contributed by atoms with Crippen molar-refractivity contribution in [1.29, 1.82) is 0 Å². The minimum atomic E-state index is -1.13. The lowest BCUT2D eigenvalue weighted by molar-refractivity contribution is 0.570. The van der Waals surface area contributed by atoms with Crippen LogP contribution < -0.4 is 4.90 Å². The van der Waals surface area contributed by atoms with Crippen LogP contribution in [0.2, 0.25) is 0 Å². The van der Waals surface area contributed by atoms with Crippen LogP contribution in [0.15, 0.2) is 119 Å². The van der Waals surface area contributed by atoms with E-state index in [2.05, 4.69) is 41.3 Å².